The van der Waals surface area contributed by atoms with E-state index >= 15 is 0 Å². The average Bonchev–Trinajstić information content (AvgIpc) is 2.97. The highest BCUT2D eigenvalue weighted by atomic mass is 31.3. The number of aliphatic hydroxyl groups is 1. The molecule has 1 aromatic heterocycles. The van der Waals surface area contributed by atoms with Crippen LogP contribution in [0.4, 0.5) is 0 Å². The van der Waals surface area contributed by atoms with E-state index in [1.54, 1.807) is 0 Å². The van der Waals surface area contributed by atoms with Gasteiger partial charge >= 0.3 is 29.2 Å². The molecule has 2 rings (SSSR count). The highest BCUT2D eigenvalue weighted by Gasteiger charge is 2.43. The molecule has 0 bridgehead atoms. The maximum atomic E-state index is 12.1. The fourth-order valence-electron chi connectivity index (χ4n) is 2.54. The van der Waals surface area contributed by atoms with Crippen LogP contribution in [0.3, 0.4) is 0 Å². The summed E-state index contributed by atoms with van der Waals surface area (Å²) in [5, 5.41) is 10.1. The molecule has 1 aliphatic rings. The van der Waals surface area contributed by atoms with Gasteiger partial charge < -0.3 is 35.2 Å². The molecule has 5 atom stereocenters. The number of aliphatic hydroxyl groups excluding tert-OH is 1. The van der Waals surface area contributed by atoms with Crippen LogP contribution in [0.1, 0.15) is 18.2 Å². The Bertz CT molecular complexity index is 1110. The number of H-pyrrole nitrogens is 1. The van der Waals surface area contributed by atoms with E-state index < -0.39 is 59.8 Å². The molecule has 20 heteroatoms. The minimum absolute atomic E-state index is 0.0600. The van der Waals surface area contributed by atoms with Crippen LogP contribution in [-0.2, 0) is 31.6 Å². The number of phosphoric acid groups is 3. The van der Waals surface area contributed by atoms with Crippen LogP contribution >= 0.6 is 23.5 Å². The zero-order valence-electron chi connectivity index (χ0n) is 15.9. The van der Waals surface area contributed by atoms with Crippen molar-refractivity contribution in [1.82, 2.24) is 9.55 Å². The third-order valence-electron chi connectivity index (χ3n) is 3.76. The number of nitrogens with zero attached hydrogens (tertiary/aromatic N) is 1. The van der Waals surface area contributed by atoms with Crippen LogP contribution < -0.4 is 17.0 Å². The number of ether oxygens (including phenoxy) is 1. The maximum Gasteiger partial charge on any atom is 0.490 e. The Morgan fingerprint density at radius 3 is 2.44 bits per heavy atom. The lowest BCUT2D eigenvalue weighted by Crippen LogP contribution is -2.33. The van der Waals surface area contributed by atoms with Crippen molar-refractivity contribution < 1.29 is 56.3 Å². The Kier molecular flexibility index (Phi) is 8.70. The van der Waals surface area contributed by atoms with Crippen LogP contribution in [0.5, 0.6) is 0 Å². The topological polar surface area (TPSA) is 270 Å². The molecule has 32 heavy (non-hydrogen) atoms. The van der Waals surface area contributed by atoms with Crippen molar-refractivity contribution >= 4 is 29.5 Å². The van der Waals surface area contributed by atoms with Gasteiger partial charge in [0.05, 0.1) is 18.3 Å². The second kappa shape index (κ2) is 10.3. The van der Waals surface area contributed by atoms with Gasteiger partial charge in [0.15, 0.2) is 0 Å². The molecular weight excluding hydrogens is 503 g/mol. The summed E-state index contributed by atoms with van der Waals surface area (Å²) in [6, 6.07) is 0. The molecule has 1 saturated heterocycles. The zero-order valence-corrected chi connectivity index (χ0v) is 18.5. The molecule has 8 N–H and O–H groups in total. The first-order chi connectivity index (χ1) is 14.6. The smallest absolute Gasteiger partial charge is 0.390 e. The molecule has 0 amide bonds. The lowest BCUT2D eigenvalue weighted by atomic mass is 10.2. The Labute approximate surface area is 178 Å². The zero-order chi connectivity index (χ0) is 24.3. The third-order valence-corrected chi connectivity index (χ3v) is 7.56. The third kappa shape index (κ3) is 7.93. The van der Waals surface area contributed by atoms with Crippen LogP contribution in [0.15, 0.2) is 21.9 Å². The van der Waals surface area contributed by atoms with E-state index in [0.717, 1.165) is 10.8 Å². The van der Waals surface area contributed by atoms with E-state index in [-0.39, 0.29) is 18.5 Å². The normalized spacial score (nSPS) is 25.6. The van der Waals surface area contributed by atoms with Crippen LogP contribution in [-0.4, -0.2) is 59.6 Å². The largest absolute Gasteiger partial charge is 0.490 e. The SMILES string of the molecule is NC/C=C/c1cn([C@H]2C[C@@H](O)[C@@H](COP(=O)(O)OP(=O)(O)OP(=O)(O)O)O2)c(=O)[nH]c1=O. The van der Waals surface area contributed by atoms with Crippen LogP contribution in [0, 0.1) is 0 Å². The van der Waals surface area contributed by atoms with Crippen molar-refractivity contribution in [3.63, 3.8) is 0 Å². The van der Waals surface area contributed by atoms with E-state index in [1.165, 1.54) is 12.2 Å². The predicted molar refractivity (Wildman–Crippen MR) is 104 cm³/mol. The first-order valence-electron chi connectivity index (χ1n) is 8.46. The Morgan fingerprint density at radius 1 is 1.19 bits per heavy atom. The van der Waals surface area contributed by atoms with Crippen LogP contribution in [0.2, 0.25) is 0 Å². The van der Waals surface area contributed by atoms with Gasteiger partial charge in [-0.3, -0.25) is 18.9 Å². The summed E-state index contributed by atoms with van der Waals surface area (Å²) in [4.78, 5) is 61.5. The summed E-state index contributed by atoms with van der Waals surface area (Å²) in [5.41, 5.74) is 3.81. The highest BCUT2D eigenvalue weighted by molar-refractivity contribution is 7.66. The molecule has 17 nitrogen and oxygen atoms in total. The molecule has 0 spiro atoms. The van der Waals surface area contributed by atoms with Crippen LogP contribution in [0.25, 0.3) is 6.08 Å². The van der Waals surface area contributed by atoms with Gasteiger partial charge in [-0.2, -0.15) is 8.62 Å². The fraction of sp³-hybridized carbons (Fsp3) is 0.500. The standard InChI is InChI=1S/C12H20N3O14P3/c13-3-1-2-7-5-15(12(18)14-11(7)17)10-4-8(16)9(27-10)6-26-31(22,23)29-32(24,25)28-30(19,20)21/h1-2,5,8-10,16H,3-4,6,13H2,(H,22,23)(H,24,25)(H,14,17,18)(H2,19,20,21)/b2-1+/t8-,9-,10-/m1/s1. The van der Waals surface area contributed by atoms with Crippen molar-refractivity contribution in [2.75, 3.05) is 13.2 Å². The molecule has 2 heterocycles. The van der Waals surface area contributed by atoms with Crippen molar-refractivity contribution in [3.05, 3.63) is 38.7 Å². The van der Waals surface area contributed by atoms with Crippen molar-refractivity contribution in [3.8, 4) is 0 Å². The molecule has 0 aromatic carbocycles. The molecule has 1 fully saturated rings. The maximum absolute atomic E-state index is 12.1. The van der Waals surface area contributed by atoms with Gasteiger partial charge in [-0.25, -0.2) is 18.5 Å². The summed E-state index contributed by atoms with van der Waals surface area (Å²) in [6.07, 6.45) is -0.0802. The molecule has 182 valence electrons. The van der Waals surface area contributed by atoms with E-state index in [9.17, 15) is 33.3 Å². The summed E-state index contributed by atoms with van der Waals surface area (Å²) in [5.74, 6) is 0. The monoisotopic (exact) mass is 523 g/mol. The summed E-state index contributed by atoms with van der Waals surface area (Å²) in [6.45, 7) is -0.778. The Morgan fingerprint density at radius 2 is 1.84 bits per heavy atom. The van der Waals surface area contributed by atoms with Crippen molar-refractivity contribution in [2.24, 2.45) is 5.73 Å². The fourth-order valence-corrected chi connectivity index (χ4v) is 5.57. The summed E-state index contributed by atoms with van der Waals surface area (Å²) >= 11 is 0. The van der Waals surface area contributed by atoms with Gasteiger partial charge in [-0.15, -0.1) is 0 Å². The number of nitrogens with two attached hydrogens (primary N) is 1. The summed E-state index contributed by atoms with van der Waals surface area (Å²) < 4.78 is 51.6. The lowest BCUT2D eigenvalue weighted by Gasteiger charge is -2.19. The molecule has 0 aliphatic carbocycles. The van der Waals surface area contributed by atoms with Crippen molar-refractivity contribution in [2.45, 2.75) is 24.9 Å². The number of aromatic amines is 1. The molecule has 1 aliphatic heterocycles. The molecule has 2 unspecified atom stereocenters. The van der Waals surface area contributed by atoms with Gasteiger partial charge in [-0.1, -0.05) is 12.2 Å². The first-order valence-corrected chi connectivity index (χ1v) is 13.0. The molecule has 0 radical (unpaired) electrons. The van der Waals surface area contributed by atoms with Gasteiger partial charge in [0.25, 0.3) is 5.56 Å². The lowest BCUT2D eigenvalue weighted by molar-refractivity contribution is -0.0450. The summed E-state index contributed by atoms with van der Waals surface area (Å²) in [7, 11) is -16.7. The average molecular weight is 523 g/mol. The van der Waals surface area contributed by atoms with Gasteiger partial charge in [0.2, 0.25) is 0 Å². The minimum Gasteiger partial charge on any atom is -0.390 e. The highest BCUT2D eigenvalue weighted by Crippen LogP contribution is 2.66. The van der Waals surface area contributed by atoms with Crippen molar-refractivity contribution in [1.29, 1.82) is 0 Å². The quantitative estimate of drug-likeness (QED) is 0.172. The van der Waals surface area contributed by atoms with E-state index in [4.69, 9.17) is 25.2 Å². The Balaban J connectivity index is 2.08. The molecule has 0 saturated carbocycles. The van der Waals surface area contributed by atoms with Gasteiger partial charge in [0.1, 0.15) is 12.3 Å². The number of rotatable bonds is 10. The van der Waals surface area contributed by atoms with E-state index in [2.05, 4.69) is 13.1 Å². The molecular formula is C12H20N3O14P3. The van der Waals surface area contributed by atoms with E-state index in [0.29, 0.717) is 0 Å². The first kappa shape index (κ1) is 27.0. The number of nitrogens with one attached hydrogen (secondary N) is 1. The van der Waals surface area contributed by atoms with Gasteiger partial charge in [-0.05, 0) is 0 Å². The predicted octanol–water partition coefficient (Wildman–Crippen LogP) is -1.50. The minimum atomic E-state index is -5.70. The number of aromatic nitrogens is 2. The number of hydrogen-bond donors (Lipinski definition) is 7. The Hall–Kier alpha value is -1.29. The second-order valence-corrected chi connectivity index (χ2v) is 10.6. The number of hydrogen-bond acceptors (Lipinski definition) is 11. The molecule has 1 aromatic rings. The second-order valence-electron chi connectivity index (χ2n) is 6.21. The van der Waals surface area contributed by atoms with E-state index in [1.807, 2.05) is 4.98 Å². The number of phosphoric ester groups is 1. The van der Waals surface area contributed by atoms with Gasteiger partial charge in [0, 0.05) is 19.2 Å².